The van der Waals surface area contributed by atoms with Crippen molar-refractivity contribution in [3.63, 3.8) is 0 Å². The Kier molecular flexibility index (Phi) is 4.49. The number of carbonyl (C=O) groups is 1. The zero-order chi connectivity index (χ0) is 21.3. The number of esters is 1. The maximum Gasteiger partial charge on any atom is 0.342 e. The SMILES string of the molecule is COC(=O)c1c(-c2cnn(CC34CC5CC(CC(C5)C3)C4)c2C)ccn2c(I)cnc12. The first kappa shape index (κ1) is 19.8. The van der Waals surface area contributed by atoms with E-state index in [1.54, 1.807) is 6.20 Å². The lowest BCUT2D eigenvalue weighted by atomic mass is 9.49. The molecule has 7 heteroatoms. The fourth-order valence-electron chi connectivity index (χ4n) is 7.22. The summed E-state index contributed by atoms with van der Waals surface area (Å²) in [6, 6.07) is 1.99. The average molecular weight is 530 g/mol. The van der Waals surface area contributed by atoms with E-state index in [9.17, 15) is 4.79 Å². The molecule has 4 aliphatic carbocycles. The number of ether oxygens (including phenoxy) is 1. The zero-order valence-corrected chi connectivity index (χ0v) is 20.1. The van der Waals surface area contributed by atoms with Gasteiger partial charge in [-0.2, -0.15) is 5.10 Å². The Morgan fingerprint density at radius 2 is 1.84 bits per heavy atom. The highest BCUT2D eigenvalue weighted by Gasteiger charge is 2.51. The normalized spacial score (nSPS) is 29.1. The summed E-state index contributed by atoms with van der Waals surface area (Å²) in [5, 5.41) is 4.82. The molecular weight excluding hydrogens is 503 g/mol. The van der Waals surface area contributed by atoms with E-state index in [2.05, 4.69) is 39.2 Å². The van der Waals surface area contributed by atoms with Crippen molar-refractivity contribution in [3.8, 4) is 11.1 Å². The molecule has 4 bridgehead atoms. The van der Waals surface area contributed by atoms with Crippen LogP contribution in [0.25, 0.3) is 16.8 Å². The van der Waals surface area contributed by atoms with Gasteiger partial charge in [-0.15, -0.1) is 0 Å². The van der Waals surface area contributed by atoms with Crippen LogP contribution in [0.15, 0.2) is 24.7 Å². The Labute approximate surface area is 195 Å². The molecule has 162 valence electrons. The number of hydrogen-bond acceptors (Lipinski definition) is 4. The van der Waals surface area contributed by atoms with Crippen molar-refractivity contribution in [1.29, 1.82) is 0 Å². The van der Waals surface area contributed by atoms with Gasteiger partial charge in [-0.05, 0) is 97.3 Å². The van der Waals surface area contributed by atoms with Crippen molar-refractivity contribution in [2.75, 3.05) is 7.11 Å². The smallest absolute Gasteiger partial charge is 0.342 e. The van der Waals surface area contributed by atoms with Gasteiger partial charge in [0, 0.05) is 29.6 Å². The minimum atomic E-state index is -0.365. The van der Waals surface area contributed by atoms with Crippen LogP contribution in [-0.2, 0) is 11.3 Å². The molecule has 0 aromatic carbocycles. The molecule has 7 rings (SSSR count). The van der Waals surface area contributed by atoms with Gasteiger partial charge in [-0.1, -0.05) is 0 Å². The van der Waals surface area contributed by atoms with Gasteiger partial charge < -0.3 is 4.74 Å². The van der Waals surface area contributed by atoms with Gasteiger partial charge in [0.2, 0.25) is 0 Å². The summed E-state index contributed by atoms with van der Waals surface area (Å²) in [5.74, 6) is 2.42. The molecule has 3 heterocycles. The van der Waals surface area contributed by atoms with Crippen LogP contribution in [0.1, 0.15) is 54.6 Å². The van der Waals surface area contributed by atoms with Gasteiger partial charge in [0.25, 0.3) is 0 Å². The topological polar surface area (TPSA) is 61.4 Å². The van der Waals surface area contributed by atoms with E-state index in [0.717, 1.165) is 44.8 Å². The van der Waals surface area contributed by atoms with Crippen LogP contribution < -0.4 is 0 Å². The number of hydrogen-bond donors (Lipinski definition) is 0. The highest BCUT2D eigenvalue weighted by Crippen LogP contribution is 2.60. The monoisotopic (exact) mass is 530 g/mol. The average Bonchev–Trinajstić information content (AvgIpc) is 3.28. The summed E-state index contributed by atoms with van der Waals surface area (Å²) >= 11 is 2.22. The van der Waals surface area contributed by atoms with Crippen LogP contribution in [0.5, 0.6) is 0 Å². The second kappa shape index (κ2) is 7.05. The number of pyridine rings is 1. The Balaban J connectivity index is 1.40. The molecule has 3 aromatic heterocycles. The van der Waals surface area contributed by atoms with Crippen LogP contribution in [0.4, 0.5) is 0 Å². The Morgan fingerprint density at radius 3 is 2.48 bits per heavy atom. The molecule has 0 saturated heterocycles. The first-order valence-corrected chi connectivity index (χ1v) is 12.3. The maximum atomic E-state index is 12.7. The lowest BCUT2D eigenvalue weighted by Crippen LogP contribution is -2.48. The van der Waals surface area contributed by atoms with Crippen LogP contribution in [-0.4, -0.2) is 32.2 Å². The molecule has 4 saturated carbocycles. The van der Waals surface area contributed by atoms with E-state index in [1.807, 2.05) is 22.9 Å². The number of fused-ring (bicyclic) bond motifs is 1. The van der Waals surface area contributed by atoms with E-state index in [0.29, 0.717) is 16.6 Å². The molecule has 3 aromatic rings. The third-order valence-electron chi connectivity index (χ3n) is 8.07. The molecular formula is C24H27IN4O2. The van der Waals surface area contributed by atoms with Crippen molar-refractivity contribution in [2.24, 2.45) is 23.2 Å². The van der Waals surface area contributed by atoms with Crippen molar-refractivity contribution in [2.45, 2.75) is 52.0 Å². The van der Waals surface area contributed by atoms with Crippen LogP contribution in [0.2, 0.25) is 0 Å². The third kappa shape index (κ3) is 3.06. The molecule has 31 heavy (non-hydrogen) atoms. The lowest BCUT2D eigenvalue weighted by molar-refractivity contribution is -0.0638. The van der Waals surface area contributed by atoms with Crippen LogP contribution in [0.3, 0.4) is 0 Å². The molecule has 0 unspecified atom stereocenters. The number of methoxy groups -OCH3 is 1. The minimum Gasteiger partial charge on any atom is -0.465 e. The van der Waals surface area contributed by atoms with E-state index < -0.39 is 0 Å². The van der Waals surface area contributed by atoms with Crippen molar-refractivity contribution < 1.29 is 9.53 Å². The standard InChI is InChI=1S/C24H27IN4O2/c1-14-19(18-3-4-28-20(25)12-26-22(28)21(18)23(30)31-2)11-27-29(14)13-24-8-15-5-16(9-24)7-17(6-15)10-24/h3-4,11-12,15-17H,5-10,13H2,1-2H3. The quantitative estimate of drug-likeness (QED) is 0.348. The summed E-state index contributed by atoms with van der Waals surface area (Å²) in [7, 11) is 1.42. The minimum absolute atomic E-state index is 0.365. The van der Waals surface area contributed by atoms with E-state index in [1.165, 1.54) is 45.6 Å². The predicted octanol–water partition coefficient (Wildman–Crippen LogP) is 5.11. The summed E-state index contributed by atoms with van der Waals surface area (Å²) in [5.41, 5.74) is 4.50. The third-order valence-corrected chi connectivity index (χ3v) is 8.87. The molecule has 0 atom stereocenters. The van der Waals surface area contributed by atoms with Gasteiger partial charge in [0.05, 0.1) is 19.5 Å². The summed E-state index contributed by atoms with van der Waals surface area (Å²) in [6.07, 6.45) is 14.1. The largest absolute Gasteiger partial charge is 0.465 e. The van der Waals surface area contributed by atoms with Crippen LogP contribution >= 0.6 is 22.6 Å². The molecule has 4 aliphatic rings. The van der Waals surface area contributed by atoms with Crippen molar-refractivity contribution in [3.05, 3.63) is 39.6 Å². The number of aromatic nitrogens is 4. The first-order chi connectivity index (χ1) is 15.0. The van der Waals surface area contributed by atoms with Gasteiger partial charge in [-0.25, -0.2) is 9.78 Å². The van der Waals surface area contributed by atoms with Gasteiger partial charge in [0.15, 0.2) is 5.65 Å². The number of nitrogens with zero attached hydrogens (tertiary/aromatic N) is 4. The Hall–Kier alpha value is -1.90. The molecule has 0 N–H and O–H groups in total. The molecule has 0 radical (unpaired) electrons. The highest BCUT2D eigenvalue weighted by molar-refractivity contribution is 14.1. The zero-order valence-electron chi connectivity index (χ0n) is 18.0. The molecule has 4 fully saturated rings. The fourth-order valence-corrected chi connectivity index (χ4v) is 7.75. The Bertz CT molecular complexity index is 1160. The summed E-state index contributed by atoms with van der Waals surface area (Å²) < 4.78 is 10.2. The van der Waals surface area contributed by atoms with Crippen LogP contribution in [0, 0.1) is 33.8 Å². The second-order valence-electron chi connectivity index (χ2n) is 10.1. The highest BCUT2D eigenvalue weighted by atomic mass is 127. The van der Waals surface area contributed by atoms with E-state index in [-0.39, 0.29) is 5.97 Å². The predicted molar refractivity (Wildman–Crippen MR) is 126 cm³/mol. The Morgan fingerprint density at radius 1 is 1.16 bits per heavy atom. The number of halogens is 1. The molecule has 0 spiro atoms. The van der Waals surface area contributed by atoms with Crippen molar-refractivity contribution in [1.82, 2.24) is 19.2 Å². The number of imidazole rings is 1. The second-order valence-corrected chi connectivity index (χ2v) is 11.2. The van der Waals surface area contributed by atoms with Gasteiger partial charge in [-0.3, -0.25) is 9.08 Å². The molecule has 0 aliphatic heterocycles. The maximum absolute atomic E-state index is 12.7. The number of rotatable bonds is 4. The molecule has 0 amide bonds. The van der Waals surface area contributed by atoms with Gasteiger partial charge >= 0.3 is 5.97 Å². The summed E-state index contributed by atoms with van der Waals surface area (Å²) in [6.45, 7) is 3.13. The van der Waals surface area contributed by atoms with E-state index in [4.69, 9.17) is 9.84 Å². The molecule has 6 nitrogen and oxygen atoms in total. The number of carbonyl (C=O) groups excluding carboxylic acids is 1. The summed E-state index contributed by atoms with van der Waals surface area (Å²) in [4.78, 5) is 17.2. The first-order valence-electron chi connectivity index (χ1n) is 11.2. The lowest BCUT2D eigenvalue weighted by Gasteiger charge is -2.56. The van der Waals surface area contributed by atoms with Gasteiger partial charge in [0.1, 0.15) is 9.26 Å². The van der Waals surface area contributed by atoms with Crippen molar-refractivity contribution >= 4 is 34.2 Å². The van der Waals surface area contributed by atoms with E-state index >= 15 is 0 Å². The fraction of sp³-hybridized carbons (Fsp3) is 0.542.